The maximum Gasteiger partial charge on any atom is 0.234 e. The van der Waals surface area contributed by atoms with Crippen LogP contribution in [0.5, 0.6) is 5.88 Å². The Balaban J connectivity index is 1.98. The van der Waals surface area contributed by atoms with E-state index in [2.05, 4.69) is 15.3 Å². The van der Waals surface area contributed by atoms with Gasteiger partial charge in [0.25, 0.3) is 0 Å². The van der Waals surface area contributed by atoms with Gasteiger partial charge < -0.3 is 14.5 Å². The van der Waals surface area contributed by atoms with Crippen LogP contribution >= 0.6 is 0 Å². The van der Waals surface area contributed by atoms with Crippen LogP contribution in [0.4, 0.5) is 5.82 Å². The Bertz CT molecular complexity index is 414. The molecule has 0 unspecified atom stereocenters. The Kier molecular flexibility index (Phi) is 2.82. The van der Waals surface area contributed by atoms with E-state index in [1.165, 1.54) is 0 Å². The van der Waals surface area contributed by atoms with Gasteiger partial charge in [0, 0.05) is 7.05 Å². The third-order valence-corrected chi connectivity index (χ3v) is 1.81. The first kappa shape index (κ1) is 9.51. The van der Waals surface area contributed by atoms with Crippen LogP contribution in [0.3, 0.4) is 0 Å². The molecule has 0 aliphatic rings. The predicted molar refractivity (Wildman–Crippen MR) is 54.6 cm³/mol. The summed E-state index contributed by atoms with van der Waals surface area (Å²) in [6.07, 6.45) is 4.79. The zero-order valence-electron chi connectivity index (χ0n) is 8.30. The van der Waals surface area contributed by atoms with Crippen molar-refractivity contribution in [2.45, 2.75) is 6.61 Å². The molecule has 1 N–H and O–H groups in total. The lowest BCUT2D eigenvalue weighted by Crippen LogP contribution is -1.99. The van der Waals surface area contributed by atoms with Crippen LogP contribution in [0.25, 0.3) is 0 Å². The minimum absolute atomic E-state index is 0.356. The first-order chi connectivity index (χ1) is 7.38. The summed E-state index contributed by atoms with van der Waals surface area (Å²) in [5.41, 5.74) is 0. The van der Waals surface area contributed by atoms with Gasteiger partial charge in [0.15, 0.2) is 0 Å². The summed E-state index contributed by atoms with van der Waals surface area (Å²) in [4.78, 5) is 8.13. The number of rotatable bonds is 4. The molecule has 0 aliphatic carbocycles. The van der Waals surface area contributed by atoms with Crippen molar-refractivity contribution in [3.8, 4) is 5.88 Å². The SMILES string of the molecule is CNc1cncc(OCc2ccco2)n1. The van der Waals surface area contributed by atoms with E-state index in [0.29, 0.717) is 18.3 Å². The first-order valence-electron chi connectivity index (χ1n) is 4.53. The Hall–Kier alpha value is -2.04. The van der Waals surface area contributed by atoms with Crippen molar-refractivity contribution in [1.29, 1.82) is 0 Å². The molecule has 0 amide bonds. The molecule has 2 aromatic rings. The zero-order valence-corrected chi connectivity index (χ0v) is 8.30. The van der Waals surface area contributed by atoms with Crippen LogP contribution in [0.15, 0.2) is 35.2 Å². The fraction of sp³-hybridized carbons (Fsp3) is 0.200. The molecule has 0 spiro atoms. The molecular formula is C10H11N3O2. The van der Waals surface area contributed by atoms with Crippen LogP contribution in [-0.4, -0.2) is 17.0 Å². The predicted octanol–water partition coefficient (Wildman–Crippen LogP) is 1.69. The highest BCUT2D eigenvalue weighted by Crippen LogP contribution is 2.10. The van der Waals surface area contributed by atoms with Crippen molar-refractivity contribution in [3.05, 3.63) is 36.5 Å². The van der Waals surface area contributed by atoms with E-state index < -0.39 is 0 Å². The van der Waals surface area contributed by atoms with Gasteiger partial charge in [-0.15, -0.1) is 0 Å². The Labute approximate surface area is 87.1 Å². The maximum absolute atomic E-state index is 5.39. The van der Waals surface area contributed by atoms with E-state index >= 15 is 0 Å². The van der Waals surface area contributed by atoms with Gasteiger partial charge >= 0.3 is 0 Å². The molecule has 78 valence electrons. The molecule has 0 saturated carbocycles. The normalized spacial score (nSPS) is 9.93. The van der Waals surface area contributed by atoms with E-state index in [1.807, 2.05) is 12.1 Å². The van der Waals surface area contributed by atoms with Gasteiger partial charge in [-0.25, -0.2) is 0 Å². The quantitative estimate of drug-likeness (QED) is 0.823. The summed E-state index contributed by atoms with van der Waals surface area (Å²) < 4.78 is 10.5. The van der Waals surface area contributed by atoms with Gasteiger partial charge in [0.1, 0.15) is 18.2 Å². The lowest BCUT2D eigenvalue weighted by atomic mass is 10.5. The Morgan fingerprint density at radius 2 is 2.40 bits per heavy atom. The Morgan fingerprint density at radius 1 is 1.47 bits per heavy atom. The molecule has 0 atom stereocenters. The third-order valence-electron chi connectivity index (χ3n) is 1.81. The van der Waals surface area contributed by atoms with E-state index in [-0.39, 0.29) is 0 Å². The van der Waals surface area contributed by atoms with Gasteiger partial charge in [-0.05, 0) is 12.1 Å². The highest BCUT2D eigenvalue weighted by molar-refractivity contribution is 5.31. The number of furan rings is 1. The molecule has 0 fully saturated rings. The molecule has 0 saturated heterocycles. The number of ether oxygens (including phenoxy) is 1. The van der Waals surface area contributed by atoms with Crippen molar-refractivity contribution < 1.29 is 9.15 Å². The molecule has 0 bridgehead atoms. The topological polar surface area (TPSA) is 60.2 Å². The van der Waals surface area contributed by atoms with E-state index in [1.54, 1.807) is 25.7 Å². The average molecular weight is 205 g/mol. The minimum Gasteiger partial charge on any atom is -0.468 e. The summed E-state index contributed by atoms with van der Waals surface area (Å²) in [5.74, 6) is 1.90. The monoisotopic (exact) mass is 205 g/mol. The van der Waals surface area contributed by atoms with Crippen LogP contribution in [0.2, 0.25) is 0 Å². The molecule has 2 heterocycles. The van der Waals surface area contributed by atoms with Crippen molar-refractivity contribution >= 4 is 5.82 Å². The van der Waals surface area contributed by atoms with Crippen LogP contribution < -0.4 is 10.1 Å². The fourth-order valence-electron chi connectivity index (χ4n) is 1.08. The van der Waals surface area contributed by atoms with Gasteiger partial charge in [-0.1, -0.05) is 0 Å². The van der Waals surface area contributed by atoms with E-state index in [4.69, 9.17) is 9.15 Å². The minimum atomic E-state index is 0.356. The van der Waals surface area contributed by atoms with Gasteiger partial charge in [-0.2, -0.15) is 4.98 Å². The molecule has 0 aromatic carbocycles. The molecule has 5 heteroatoms. The van der Waals surface area contributed by atoms with Crippen LogP contribution in [0, 0.1) is 0 Å². The lowest BCUT2D eigenvalue weighted by molar-refractivity contribution is 0.260. The second-order valence-electron chi connectivity index (χ2n) is 2.86. The maximum atomic E-state index is 5.39. The number of aromatic nitrogens is 2. The number of nitrogens with one attached hydrogen (secondary N) is 1. The number of hydrogen-bond acceptors (Lipinski definition) is 5. The fourth-order valence-corrected chi connectivity index (χ4v) is 1.08. The van der Waals surface area contributed by atoms with Crippen LogP contribution in [-0.2, 0) is 6.61 Å². The summed E-state index contributed by atoms with van der Waals surface area (Å²) >= 11 is 0. The second kappa shape index (κ2) is 4.45. The molecule has 15 heavy (non-hydrogen) atoms. The molecule has 5 nitrogen and oxygen atoms in total. The lowest BCUT2D eigenvalue weighted by Gasteiger charge is -2.04. The van der Waals surface area contributed by atoms with Crippen LogP contribution in [0.1, 0.15) is 5.76 Å². The van der Waals surface area contributed by atoms with Crippen molar-refractivity contribution in [1.82, 2.24) is 9.97 Å². The number of anilines is 1. The van der Waals surface area contributed by atoms with Crippen molar-refractivity contribution in [2.24, 2.45) is 0 Å². The van der Waals surface area contributed by atoms with E-state index in [0.717, 1.165) is 5.76 Å². The van der Waals surface area contributed by atoms with E-state index in [9.17, 15) is 0 Å². The number of nitrogens with zero attached hydrogens (tertiary/aromatic N) is 2. The summed E-state index contributed by atoms with van der Waals surface area (Å²) in [6, 6.07) is 3.66. The average Bonchev–Trinajstić information content (AvgIpc) is 2.79. The standard InChI is InChI=1S/C10H11N3O2/c1-11-9-5-12-6-10(13-9)15-7-8-3-2-4-14-8/h2-6H,7H2,1H3,(H,11,13). The van der Waals surface area contributed by atoms with Gasteiger partial charge in [-0.3, -0.25) is 4.98 Å². The second-order valence-corrected chi connectivity index (χ2v) is 2.86. The highest BCUT2D eigenvalue weighted by Gasteiger charge is 2.00. The first-order valence-corrected chi connectivity index (χ1v) is 4.53. The smallest absolute Gasteiger partial charge is 0.234 e. The summed E-state index contributed by atoms with van der Waals surface area (Å²) in [7, 11) is 1.78. The molecule has 0 radical (unpaired) electrons. The largest absolute Gasteiger partial charge is 0.468 e. The Morgan fingerprint density at radius 3 is 3.13 bits per heavy atom. The summed E-state index contributed by atoms with van der Waals surface area (Å²) in [5, 5.41) is 2.88. The van der Waals surface area contributed by atoms with Gasteiger partial charge in [0.2, 0.25) is 5.88 Å². The molecule has 2 aromatic heterocycles. The zero-order chi connectivity index (χ0) is 10.5. The highest BCUT2D eigenvalue weighted by atomic mass is 16.5. The molecule has 0 aliphatic heterocycles. The molecule has 2 rings (SSSR count). The van der Waals surface area contributed by atoms with Gasteiger partial charge in [0.05, 0.1) is 18.7 Å². The molecular weight excluding hydrogens is 194 g/mol. The number of hydrogen-bond donors (Lipinski definition) is 1. The van der Waals surface area contributed by atoms with Crippen molar-refractivity contribution in [2.75, 3.05) is 12.4 Å². The third kappa shape index (κ3) is 2.46. The van der Waals surface area contributed by atoms with Crippen molar-refractivity contribution in [3.63, 3.8) is 0 Å². The summed E-state index contributed by atoms with van der Waals surface area (Å²) in [6.45, 7) is 0.356.